The number of thioether (sulfide) groups is 1. The third-order valence-electron chi connectivity index (χ3n) is 1.99. The van der Waals surface area contributed by atoms with Gasteiger partial charge < -0.3 is 5.32 Å². The standard InChI is InChI=1S/C11H19N3S/c1-3-15-8-4-6-12-9-11-5-7-13-10(2)14-11/h5,7,12H,3-4,6,8-9H2,1-2H3. The Morgan fingerprint density at radius 3 is 3.07 bits per heavy atom. The molecule has 1 rings (SSSR count). The molecule has 0 spiro atoms. The first kappa shape index (κ1) is 12.5. The molecule has 0 radical (unpaired) electrons. The van der Waals surface area contributed by atoms with Crippen LogP contribution in [-0.4, -0.2) is 28.0 Å². The monoisotopic (exact) mass is 225 g/mol. The van der Waals surface area contributed by atoms with Gasteiger partial charge in [-0.1, -0.05) is 6.92 Å². The lowest BCUT2D eigenvalue weighted by Crippen LogP contribution is -2.16. The van der Waals surface area contributed by atoms with E-state index in [9.17, 15) is 0 Å². The summed E-state index contributed by atoms with van der Waals surface area (Å²) in [5.74, 6) is 3.30. The second kappa shape index (κ2) is 7.65. The molecule has 0 aromatic carbocycles. The third kappa shape index (κ3) is 5.74. The van der Waals surface area contributed by atoms with Gasteiger partial charge in [-0.15, -0.1) is 0 Å². The van der Waals surface area contributed by atoms with Gasteiger partial charge in [0.05, 0.1) is 5.69 Å². The molecule has 0 fully saturated rings. The zero-order valence-corrected chi connectivity index (χ0v) is 10.3. The number of hydrogen-bond acceptors (Lipinski definition) is 4. The summed E-state index contributed by atoms with van der Waals surface area (Å²) in [7, 11) is 0. The van der Waals surface area contributed by atoms with E-state index in [2.05, 4.69) is 22.2 Å². The maximum absolute atomic E-state index is 4.33. The van der Waals surface area contributed by atoms with E-state index >= 15 is 0 Å². The lowest BCUT2D eigenvalue weighted by atomic mass is 10.4. The number of nitrogens with one attached hydrogen (secondary N) is 1. The number of nitrogens with zero attached hydrogens (tertiary/aromatic N) is 2. The minimum Gasteiger partial charge on any atom is -0.311 e. The number of rotatable bonds is 7. The molecule has 0 saturated heterocycles. The van der Waals surface area contributed by atoms with Gasteiger partial charge in [-0.2, -0.15) is 11.8 Å². The summed E-state index contributed by atoms with van der Waals surface area (Å²) < 4.78 is 0. The van der Waals surface area contributed by atoms with Crippen molar-refractivity contribution in [1.29, 1.82) is 0 Å². The van der Waals surface area contributed by atoms with E-state index in [0.717, 1.165) is 24.6 Å². The highest BCUT2D eigenvalue weighted by Crippen LogP contribution is 2.00. The van der Waals surface area contributed by atoms with Crippen LogP contribution in [0.25, 0.3) is 0 Å². The normalized spacial score (nSPS) is 10.5. The topological polar surface area (TPSA) is 37.8 Å². The van der Waals surface area contributed by atoms with Gasteiger partial charge in [0.25, 0.3) is 0 Å². The average molecular weight is 225 g/mol. The smallest absolute Gasteiger partial charge is 0.125 e. The van der Waals surface area contributed by atoms with Crippen molar-refractivity contribution in [3.05, 3.63) is 23.8 Å². The van der Waals surface area contributed by atoms with Crippen molar-refractivity contribution in [2.75, 3.05) is 18.1 Å². The Balaban J connectivity index is 2.10. The molecule has 0 aliphatic rings. The van der Waals surface area contributed by atoms with Gasteiger partial charge in [0.2, 0.25) is 0 Å². The van der Waals surface area contributed by atoms with Crippen LogP contribution in [0.1, 0.15) is 24.9 Å². The molecule has 15 heavy (non-hydrogen) atoms. The Labute approximate surface area is 96.1 Å². The molecule has 0 amide bonds. The summed E-state index contributed by atoms with van der Waals surface area (Å²) in [6.07, 6.45) is 3.04. The van der Waals surface area contributed by atoms with Crippen molar-refractivity contribution < 1.29 is 0 Å². The molecule has 3 nitrogen and oxygen atoms in total. The highest BCUT2D eigenvalue weighted by molar-refractivity contribution is 7.99. The summed E-state index contributed by atoms with van der Waals surface area (Å²) in [5, 5.41) is 3.38. The Hall–Kier alpha value is -0.610. The van der Waals surface area contributed by atoms with Crippen LogP contribution in [0.15, 0.2) is 12.3 Å². The van der Waals surface area contributed by atoms with E-state index in [1.807, 2.05) is 30.9 Å². The van der Waals surface area contributed by atoms with Crippen molar-refractivity contribution >= 4 is 11.8 Å². The third-order valence-corrected chi connectivity index (χ3v) is 2.97. The summed E-state index contributed by atoms with van der Waals surface area (Å²) >= 11 is 1.99. The van der Waals surface area contributed by atoms with Crippen molar-refractivity contribution in [2.24, 2.45) is 0 Å². The van der Waals surface area contributed by atoms with Crippen LogP contribution in [0.3, 0.4) is 0 Å². The lowest BCUT2D eigenvalue weighted by Gasteiger charge is -2.04. The quantitative estimate of drug-likeness (QED) is 0.720. The van der Waals surface area contributed by atoms with E-state index in [-0.39, 0.29) is 0 Å². The fourth-order valence-electron chi connectivity index (χ4n) is 1.26. The van der Waals surface area contributed by atoms with E-state index in [0.29, 0.717) is 0 Å². The number of aromatic nitrogens is 2. The highest BCUT2D eigenvalue weighted by atomic mass is 32.2. The SMILES string of the molecule is CCSCCCNCc1ccnc(C)n1. The Morgan fingerprint density at radius 2 is 2.33 bits per heavy atom. The van der Waals surface area contributed by atoms with Crippen molar-refractivity contribution in [3.8, 4) is 0 Å². The summed E-state index contributed by atoms with van der Waals surface area (Å²) in [5.41, 5.74) is 1.07. The van der Waals surface area contributed by atoms with Crippen molar-refractivity contribution in [1.82, 2.24) is 15.3 Å². The zero-order valence-electron chi connectivity index (χ0n) is 9.49. The second-order valence-electron chi connectivity index (χ2n) is 3.32. The first-order chi connectivity index (χ1) is 7.33. The van der Waals surface area contributed by atoms with Crippen molar-refractivity contribution in [2.45, 2.75) is 26.8 Å². The van der Waals surface area contributed by atoms with Gasteiger partial charge in [-0.3, -0.25) is 0 Å². The number of aryl methyl sites for hydroxylation is 1. The van der Waals surface area contributed by atoms with Gasteiger partial charge in [0.1, 0.15) is 5.82 Å². The summed E-state index contributed by atoms with van der Waals surface area (Å²) in [4.78, 5) is 8.39. The molecule has 0 aliphatic heterocycles. The van der Waals surface area contributed by atoms with Crippen LogP contribution in [0, 0.1) is 6.92 Å². The van der Waals surface area contributed by atoms with Crippen LogP contribution in [0.4, 0.5) is 0 Å². The van der Waals surface area contributed by atoms with Crippen LogP contribution in [-0.2, 0) is 6.54 Å². The highest BCUT2D eigenvalue weighted by Gasteiger charge is 1.94. The molecular weight excluding hydrogens is 206 g/mol. The molecule has 0 atom stereocenters. The van der Waals surface area contributed by atoms with Crippen LogP contribution in [0.2, 0.25) is 0 Å². The maximum Gasteiger partial charge on any atom is 0.125 e. The molecule has 0 saturated carbocycles. The zero-order chi connectivity index (χ0) is 10.9. The minimum absolute atomic E-state index is 0.843. The fraction of sp³-hybridized carbons (Fsp3) is 0.636. The average Bonchev–Trinajstić information content (AvgIpc) is 2.23. The van der Waals surface area contributed by atoms with E-state index in [1.54, 1.807) is 0 Å². The molecule has 1 aromatic rings. The van der Waals surface area contributed by atoms with Crippen LogP contribution < -0.4 is 5.32 Å². The molecule has 0 unspecified atom stereocenters. The predicted molar refractivity (Wildman–Crippen MR) is 66.1 cm³/mol. The maximum atomic E-state index is 4.33. The first-order valence-corrected chi connectivity index (χ1v) is 6.55. The molecule has 1 aromatic heterocycles. The molecule has 4 heteroatoms. The molecule has 0 aliphatic carbocycles. The Bertz CT molecular complexity index is 278. The number of hydrogen-bond donors (Lipinski definition) is 1. The van der Waals surface area contributed by atoms with Gasteiger partial charge in [0, 0.05) is 12.7 Å². The van der Waals surface area contributed by atoms with Gasteiger partial charge in [0.15, 0.2) is 0 Å². The van der Waals surface area contributed by atoms with Crippen LogP contribution in [0.5, 0.6) is 0 Å². The Kier molecular flexibility index (Phi) is 6.36. The summed E-state index contributed by atoms with van der Waals surface area (Å²) in [6, 6.07) is 1.96. The molecule has 84 valence electrons. The van der Waals surface area contributed by atoms with Gasteiger partial charge in [-0.25, -0.2) is 9.97 Å². The fourth-order valence-corrected chi connectivity index (χ4v) is 1.90. The first-order valence-electron chi connectivity index (χ1n) is 5.40. The lowest BCUT2D eigenvalue weighted by molar-refractivity contribution is 0.664. The molecule has 1 N–H and O–H groups in total. The van der Waals surface area contributed by atoms with E-state index in [4.69, 9.17) is 0 Å². The molecular formula is C11H19N3S. The predicted octanol–water partition coefficient (Wildman–Crippen LogP) is 2.02. The van der Waals surface area contributed by atoms with Crippen molar-refractivity contribution in [3.63, 3.8) is 0 Å². The van der Waals surface area contributed by atoms with E-state index in [1.165, 1.54) is 17.9 Å². The van der Waals surface area contributed by atoms with Gasteiger partial charge >= 0.3 is 0 Å². The molecule has 1 heterocycles. The summed E-state index contributed by atoms with van der Waals surface area (Å²) in [6.45, 7) is 6.03. The minimum atomic E-state index is 0.843. The second-order valence-corrected chi connectivity index (χ2v) is 4.72. The Morgan fingerprint density at radius 1 is 1.47 bits per heavy atom. The van der Waals surface area contributed by atoms with E-state index < -0.39 is 0 Å². The van der Waals surface area contributed by atoms with Gasteiger partial charge in [-0.05, 0) is 37.5 Å². The molecule has 0 bridgehead atoms. The van der Waals surface area contributed by atoms with Crippen LogP contribution >= 0.6 is 11.8 Å². The largest absolute Gasteiger partial charge is 0.311 e.